The average Bonchev–Trinajstić information content (AvgIpc) is 2.44. The molecule has 1 aromatic carbocycles. The molecule has 1 saturated heterocycles. The van der Waals surface area contributed by atoms with Crippen LogP contribution in [0.2, 0.25) is 0 Å². The fourth-order valence-electron chi connectivity index (χ4n) is 2.82. The predicted molar refractivity (Wildman–Crippen MR) is 80.7 cm³/mol. The molecule has 2 unspecified atom stereocenters. The van der Waals surface area contributed by atoms with Gasteiger partial charge in [0.25, 0.3) is 0 Å². The summed E-state index contributed by atoms with van der Waals surface area (Å²) in [5.41, 5.74) is 0. The molecule has 0 saturated carbocycles. The Hall–Kier alpha value is -1.11. The number of rotatable bonds is 5. The van der Waals surface area contributed by atoms with Gasteiger partial charge in [-0.15, -0.1) is 0 Å². The summed E-state index contributed by atoms with van der Waals surface area (Å²) in [6.07, 6.45) is 1.07. The molecular weight excluding hydrogens is 290 g/mol. The topological polar surface area (TPSA) is 66.8 Å². The molecule has 118 valence electrons. The summed E-state index contributed by atoms with van der Waals surface area (Å²) in [5, 5.41) is 8.70. The second-order valence-electron chi connectivity index (χ2n) is 5.81. The third kappa shape index (κ3) is 3.96. The molecule has 1 N–H and O–H groups in total. The number of hydrogen-bond acceptors (Lipinski definition) is 4. The van der Waals surface area contributed by atoms with E-state index in [-0.39, 0.29) is 13.2 Å². The van der Waals surface area contributed by atoms with Gasteiger partial charge < -0.3 is 9.84 Å². The van der Waals surface area contributed by atoms with Gasteiger partial charge in [-0.1, -0.05) is 13.8 Å². The molecule has 1 fully saturated rings. The first kappa shape index (κ1) is 16.3. The van der Waals surface area contributed by atoms with E-state index in [1.807, 2.05) is 0 Å². The quantitative estimate of drug-likeness (QED) is 0.899. The van der Waals surface area contributed by atoms with Crippen molar-refractivity contribution in [1.82, 2.24) is 4.31 Å². The molecule has 2 rings (SSSR count). The molecule has 0 radical (unpaired) electrons. The zero-order chi connectivity index (χ0) is 15.5. The van der Waals surface area contributed by atoms with Gasteiger partial charge in [0.2, 0.25) is 10.0 Å². The number of nitrogens with zero attached hydrogens (tertiary/aromatic N) is 1. The lowest BCUT2D eigenvalue weighted by molar-refractivity contribution is 0.201. The van der Waals surface area contributed by atoms with Crippen molar-refractivity contribution >= 4 is 10.0 Å². The predicted octanol–water partition coefficient (Wildman–Crippen LogP) is 1.72. The normalized spacial score (nSPS) is 24.0. The first-order chi connectivity index (χ1) is 9.93. The number of aliphatic hydroxyl groups is 1. The molecule has 5 nitrogen and oxygen atoms in total. The molecule has 0 spiro atoms. The zero-order valence-corrected chi connectivity index (χ0v) is 13.3. The number of benzene rings is 1. The average molecular weight is 313 g/mol. The van der Waals surface area contributed by atoms with Crippen LogP contribution in [0.15, 0.2) is 29.2 Å². The second kappa shape index (κ2) is 6.77. The molecule has 1 aliphatic heterocycles. The van der Waals surface area contributed by atoms with E-state index >= 15 is 0 Å². The SMILES string of the molecule is CC1CC(C)CN(S(=O)(=O)c2ccc(OCCO)cc2)C1. The standard InChI is InChI=1S/C15H23NO4S/c1-12-9-13(2)11-16(10-12)21(18,19)15-5-3-14(4-6-15)20-8-7-17/h3-6,12-13,17H,7-11H2,1-2H3. The number of ether oxygens (including phenoxy) is 1. The van der Waals surface area contributed by atoms with Crippen molar-refractivity contribution in [1.29, 1.82) is 0 Å². The van der Waals surface area contributed by atoms with Crippen LogP contribution < -0.4 is 4.74 Å². The van der Waals surface area contributed by atoms with Crippen LogP contribution >= 0.6 is 0 Å². The van der Waals surface area contributed by atoms with E-state index in [0.29, 0.717) is 35.6 Å². The molecule has 0 aliphatic carbocycles. The van der Waals surface area contributed by atoms with Gasteiger partial charge in [-0.25, -0.2) is 8.42 Å². The van der Waals surface area contributed by atoms with Crippen molar-refractivity contribution in [3.63, 3.8) is 0 Å². The number of sulfonamides is 1. The van der Waals surface area contributed by atoms with Gasteiger partial charge in [-0.2, -0.15) is 4.31 Å². The summed E-state index contributed by atoms with van der Waals surface area (Å²) in [6, 6.07) is 6.37. The lowest BCUT2D eigenvalue weighted by Gasteiger charge is -2.34. The molecule has 6 heteroatoms. The monoisotopic (exact) mass is 313 g/mol. The Morgan fingerprint density at radius 1 is 1.19 bits per heavy atom. The van der Waals surface area contributed by atoms with Crippen LogP contribution in [-0.4, -0.2) is 44.1 Å². The summed E-state index contributed by atoms with van der Waals surface area (Å²) >= 11 is 0. The van der Waals surface area contributed by atoms with Gasteiger partial charge >= 0.3 is 0 Å². The van der Waals surface area contributed by atoms with Crippen molar-refractivity contribution in [3.8, 4) is 5.75 Å². The Balaban J connectivity index is 2.15. The van der Waals surface area contributed by atoms with E-state index in [9.17, 15) is 8.42 Å². The summed E-state index contributed by atoms with van der Waals surface area (Å²) in [7, 11) is -3.44. The summed E-state index contributed by atoms with van der Waals surface area (Å²) in [4.78, 5) is 0.292. The van der Waals surface area contributed by atoms with E-state index in [2.05, 4.69) is 13.8 Å². The third-order valence-electron chi connectivity index (χ3n) is 3.66. The Bertz CT molecular complexity index is 546. The molecule has 21 heavy (non-hydrogen) atoms. The van der Waals surface area contributed by atoms with Crippen LogP contribution in [0, 0.1) is 11.8 Å². The highest BCUT2D eigenvalue weighted by Crippen LogP contribution is 2.27. The molecular formula is C15H23NO4S. The number of piperidine rings is 1. The van der Waals surface area contributed by atoms with E-state index in [4.69, 9.17) is 9.84 Å². The van der Waals surface area contributed by atoms with Gasteiger partial charge in [0, 0.05) is 13.1 Å². The van der Waals surface area contributed by atoms with Gasteiger partial charge in [0.1, 0.15) is 12.4 Å². The molecule has 0 amide bonds. The van der Waals surface area contributed by atoms with Gasteiger partial charge in [0.15, 0.2) is 0 Å². The maximum atomic E-state index is 12.6. The van der Waals surface area contributed by atoms with E-state index in [1.165, 1.54) is 0 Å². The molecule has 0 bridgehead atoms. The highest BCUT2D eigenvalue weighted by atomic mass is 32.2. The van der Waals surface area contributed by atoms with E-state index in [0.717, 1.165) is 6.42 Å². The summed E-state index contributed by atoms with van der Waals surface area (Å²) < 4.78 is 32.1. The van der Waals surface area contributed by atoms with Crippen molar-refractivity contribution in [2.75, 3.05) is 26.3 Å². The Morgan fingerprint density at radius 3 is 2.29 bits per heavy atom. The second-order valence-corrected chi connectivity index (χ2v) is 7.75. The summed E-state index contributed by atoms with van der Waals surface area (Å²) in [6.45, 7) is 5.47. The van der Waals surface area contributed by atoms with Crippen LogP contribution in [0.3, 0.4) is 0 Å². The van der Waals surface area contributed by atoms with E-state index in [1.54, 1.807) is 28.6 Å². The fourth-order valence-corrected chi connectivity index (χ4v) is 4.50. The minimum atomic E-state index is -3.44. The van der Waals surface area contributed by atoms with Crippen molar-refractivity contribution in [2.45, 2.75) is 25.2 Å². The molecule has 0 aromatic heterocycles. The van der Waals surface area contributed by atoms with Crippen LogP contribution in [0.25, 0.3) is 0 Å². The summed E-state index contributed by atoms with van der Waals surface area (Å²) in [5.74, 6) is 1.33. The highest BCUT2D eigenvalue weighted by molar-refractivity contribution is 7.89. The van der Waals surface area contributed by atoms with Gasteiger partial charge in [-0.3, -0.25) is 0 Å². The number of hydrogen-bond donors (Lipinski definition) is 1. The number of aliphatic hydroxyl groups excluding tert-OH is 1. The van der Waals surface area contributed by atoms with Crippen LogP contribution in [0.5, 0.6) is 5.75 Å². The minimum Gasteiger partial charge on any atom is -0.491 e. The Morgan fingerprint density at radius 2 is 1.76 bits per heavy atom. The maximum absolute atomic E-state index is 12.6. The largest absolute Gasteiger partial charge is 0.491 e. The van der Waals surface area contributed by atoms with Crippen molar-refractivity contribution < 1.29 is 18.3 Å². The van der Waals surface area contributed by atoms with Crippen LogP contribution in [0.1, 0.15) is 20.3 Å². The Labute approximate surface area is 126 Å². The smallest absolute Gasteiger partial charge is 0.243 e. The minimum absolute atomic E-state index is 0.0659. The molecule has 1 aromatic rings. The zero-order valence-electron chi connectivity index (χ0n) is 12.5. The van der Waals surface area contributed by atoms with E-state index < -0.39 is 10.0 Å². The lowest BCUT2D eigenvalue weighted by atomic mass is 9.94. The lowest BCUT2D eigenvalue weighted by Crippen LogP contribution is -2.42. The first-order valence-electron chi connectivity index (χ1n) is 7.27. The van der Waals surface area contributed by atoms with Crippen molar-refractivity contribution in [3.05, 3.63) is 24.3 Å². The third-order valence-corrected chi connectivity index (χ3v) is 5.50. The molecule has 2 atom stereocenters. The Kier molecular flexibility index (Phi) is 5.24. The highest BCUT2D eigenvalue weighted by Gasteiger charge is 2.31. The van der Waals surface area contributed by atoms with Crippen molar-refractivity contribution in [2.24, 2.45) is 11.8 Å². The fraction of sp³-hybridized carbons (Fsp3) is 0.600. The van der Waals surface area contributed by atoms with Crippen LogP contribution in [0.4, 0.5) is 0 Å². The van der Waals surface area contributed by atoms with Gasteiger partial charge in [-0.05, 0) is 42.5 Å². The first-order valence-corrected chi connectivity index (χ1v) is 8.71. The molecule has 1 aliphatic rings. The van der Waals surface area contributed by atoms with Gasteiger partial charge in [0.05, 0.1) is 11.5 Å². The van der Waals surface area contributed by atoms with Crippen LogP contribution in [-0.2, 0) is 10.0 Å². The maximum Gasteiger partial charge on any atom is 0.243 e. The molecule has 1 heterocycles.